The number of hydrogen-bond donors (Lipinski definition) is 0. The molecule has 1 unspecified atom stereocenters. The summed E-state index contributed by atoms with van der Waals surface area (Å²) in [6.45, 7) is 10.0. The number of ether oxygens (including phenoxy) is 2. The molecular formula is C11H20O3. The van der Waals surface area contributed by atoms with Gasteiger partial charge in [-0.2, -0.15) is 0 Å². The first-order valence-corrected chi connectivity index (χ1v) is 4.84. The summed E-state index contributed by atoms with van der Waals surface area (Å²) in [7, 11) is 1.37. The Bertz CT molecular complexity index is 187. The van der Waals surface area contributed by atoms with Gasteiger partial charge in [0.1, 0.15) is 0 Å². The summed E-state index contributed by atoms with van der Waals surface area (Å²) in [5, 5.41) is 0. The first kappa shape index (κ1) is 13.2. The average molecular weight is 200 g/mol. The van der Waals surface area contributed by atoms with Gasteiger partial charge in [-0.15, -0.1) is 6.58 Å². The molecule has 3 nitrogen and oxygen atoms in total. The van der Waals surface area contributed by atoms with Crippen LogP contribution < -0.4 is 0 Å². The molecule has 0 aromatic rings. The normalized spacial score (nSPS) is 14.9. The number of carbonyl (C=O) groups is 1. The quantitative estimate of drug-likeness (QED) is 0.486. The van der Waals surface area contributed by atoms with Gasteiger partial charge in [0.25, 0.3) is 0 Å². The molecule has 0 aliphatic rings. The molecule has 0 saturated carbocycles. The summed E-state index contributed by atoms with van der Waals surface area (Å²) < 4.78 is 10.1. The number of rotatable bonds is 6. The molecule has 82 valence electrons. The molecule has 0 rings (SSSR count). The van der Waals surface area contributed by atoms with Gasteiger partial charge in [-0.3, -0.25) is 0 Å². The summed E-state index contributed by atoms with van der Waals surface area (Å²) in [6.07, 6.45) is 1.33. The predicted octanol–water partition coefficient (Wildman–Crippen LogP) is 2.02. The third-order valence-corrected chi connectivity index (χ3v) is 1.98. The van der Waals surface area contributed by atoms with Crippen LogP contribution in [0.1, 0.15) is 20.8 Å². The van der Waals surface area contributed by atoms with Crippen LogP contribution in [0.2, 0.25) is 0 Å². The lowest BCUT2D eigenvalue weighted by Crippen LogP contribution is -2.32. The molecule has 0 aromatic carbocycles. The van der Waals surface area contributed by atoms with Crippen LogP contribution in [0.25, 0.3) is 0 Å². The molecule has 0 aliphatic heterocycles. The maximum Gasteiger partial charge on any atom is 0.335 e. The number of hydrogen-bond acceptors (Lipinski definition) is 3. The van der Waals surface area contributed by atoms with E-state index in [1.807, 2.05) is 20.8 Å². The highest BCUT2D eigenvalue weighted by atomic mass is 16.6. The molecule has 3 heteroatoms. The molecule has 2 atom stereocenters. The highest BCUT2D eigenvalue weighted by molar-refractivity contribution is 5.74. The predicted molar refractivity (Wildman–Crippen MR) is 56.0 cm³/mol. The van der Waals surface area contributed by atoms with Gasteiger partial charge in [0.05, 0.1) is 13.7 Å². The van der Waals surface area contributed by atoms with Crippen LogP contribution in [0.4, 0.5) is 0 Å². The monoisotopic (exact) mass is 200 g/mol. The topological polar surface area (TPSA) is 35.5 Å². The van der Waals surface area contributed by atoms with Crippen molar-refractivity contribution >= 4 is 5.97 Å². The van der Waals surface area contributed by atoms with E-state index in [1.165, 1.54) is 7.11 Å². The minimum atomic E-state index is -0.470. The molecule has 0 saturated heterocycles. The Hall–Kier alpha value is -0.830. The smallest absolute Gasteiger partial charge is 0.335 e. The summed E-state index contributed by atoms with van der Waals surface area (Å²) >= 11 is 0. The zero-order valence-corrected chi connectivity index (χ0v) is 9.45. The summed E-state index contributed by atoms with van der Waals surface area (Å²) in [4.78, 5) is 11.3. The van der Waals surface area contributed by atoms with Crippen LogP contribution in [-0.4, -0.2) is 25.8 Å². The Morgan fingerprint density at radius 2 is 2.00 bits per heavy atom. The third-order valence-electron chi connectivity index (χ3n) is 1.98. The lowest BCUT2D eigenvalue weighted by molar-refractivity contribution is -0.157. The van der Waals surface area contributed by atoms with Crippen molar-refractivity contribution in [2.75, 3.05) is 13.7 Å². The van der Waals surface area contributed by atoms with Crippen molar-refractivity contribution in [3.63, 3.8) is 0 Å². The molecule has 0 N–H and O–H groups in total. The minimum absolute atomic E-state index is 0.125. The van der Waals surface area contributed by atoms with Gasteiger partial charge >= 0.3 is 5.97 Å². The van der Waals surface area contributed by atoms with Crippen LogP contribution in [0.3, 0.4) is 0 Å². The van der Waals surface area contributed by atoms with Gasteiger partial charge in [0, 0.05) is 0 Å². The highest BCUT2D eigenvalue weighted by Crippen LogP contribution is 2.10. The van der Waals surface area contributed by atoms with E-state index in [1.54, 1.807) is 6.08 Å². The molecule has 14 heavy (non-hydrogen) atoms. The van der Waals surface area contributed by atoms with E-state index in [9.17, 15) is 4.79 Å². The number of carbonyl (C=O) groups excluding carboxylic acids is 1. The van der Waals surface area contributed by atoms with E-state index in [0.717, 1.165) is 0 Å². The van der Waals surface area contributed by atoms with Gasteiger partial charge in [0.2, 0.25) is 0 Å². The summed E-state index contributed by atoms with van der Waals surface area (Å²) in [5.74, 6) is 0.0663. The summed E-state index contributed by atoms with van der Waals surface area (Å²) in [5.41, 5.74) is 0. The largest absolute Gasteiger partial charge is 0.467 e. The standard InChI is InChI=1S/C11H20O3/c1-6-9(4)7-14-10(8(2)3)11(12)13-5/h6,8-10H,1,7H2,2-5H3/t9?,10-/m0/s1. The van der Waals surface area contributed by atoms with E-state index in [0.29, 0.717) is 6.61 Å². The molecule has 0 aliphatic carbocycles. The fourth-order valence-electron chi connectivity index (χ4n) is 0.972. The van der Waals surface area contributed by atoms with Gasteiger partial charge in [0.15, 0.2) is 6.10 Å². The van der Waals surface area contributed by atoms with E-state index in [2.05, 4.69) is 11.3 Å². The van der Waals surface area contributed by atoms with Crippen LogP contribution in [0.15, 0.2) is 12.7 Å². The van der Waals surface area contributed by atoms with Crippen molar-refractivity contribution in [2.24, 2.45) is 11.8 Å². The Morgan fingerprint density at radius 3 is 2.36 bits per heavy atom. The van der Waals surface area contributed by atoms with Crippen LogP contribution in [0, 0.1) is 11.8 Å². The molecular weight excluding hydrogens is 180 g/mol. The highest BCUT2D eigenvalue weighted by Gasteiger charge is 2.23. The van der Waals surface area contributed by atoms with Crippen LogP contribution in [-0.2, 0) is 14.3 Å². The van der Waals surface area contributed by atoms with E-state index in [-0.39, 0.29) is 17.8 Å². The van der Waals surface area contributed by atoms with Crippen molar-refractivity contribution in [2.45, 2.75) is 26.9 Å². The molecule has 0 aromatic heterocycles. The van der Waals surface area contributed by atoms with Gasteiger partial charge in [-0.1, -0.05) is 26.8 Å². The van der Waals surface area contributed by atoms with Gasteiger partial charge in [-0.25, -0.2) is 4.79 Å². The Kier molecular flexibility index (Phi) is 6.21. The number of methoxy groups -OCH3 is 1. The van der Waals surface area contributed by atoms with Gasteiger partial charge < -0.3 is 9.47 Å². The van der Waals surface area contributed by atoms with Crippen molar-refractivity contribution < 1.29 is 14.3 Å². The summed E-state index contributed by atoms with van der Waals surface area (Å²) in [6, 6.07) is 0. The van der Waals surface area contributed by atoms with E-state index in [4.69, 9.17) is 4.74 Å². The van der Waals surface area contributed by atoms with Crippen molar-refractivity contribution in [1.29, 1.82) is 0 Å². The second-order valence-electron chi connectivity index (χ2n) is 3.73. The Balaban J connectivity index is 4.10. The van der Waals surface area contributed by atoms with Crippen molar-refractivity contribution in [1.82, 2.24) is 0 Å². The average Bonchev–Trinajstić information content (AvgIpc) is 2.16. The van der Waals surface area contributed by atoms with E-state index < -0.39 is 6.10 Å². The molecule has 0 fully saturated rings. The third kappa shape index (κ3) is 4.42. The fourth-order valence-corrected chi connectivity index (χ4v) is 0.972. The Morgan fingerprint density at radius 1 is 1.43 bits per heavy atom. The van der Waals surface area contributed by atoms with Crippen molar-refractivity contribution in [3.8, 4) is 0 Å². The lowest BCUT2D eigenvalue weighted by Gasteiger charge is -2.20. The minimum Gasteiger partial charge on any atom is -0.467 e. The molecule has 0 radical (unpaired) electrons. The zero-order valence-electron chi connectivity index (χ0n) is 9.45. The lowest BCUT2D eigenvalue weighted by atomic mass is 10.1. The second-order valence-corrected chi connectivity index (χ2v) is 3.73. The molecule has 0 heterocycles. The zero-order chi connectivity index (χ0) is 11.1. The molecule has 0 spiro atoms. The Labute approximate surface area is 86.1 Å². The van der Waals surface area contributed by atoms with Crippen LogP contribution in [0.5, 0.6) is 0 Å². The molecule has 0 amide bonds. The maximum absolute atomic E-state index is 11.3. The van der Waals surface area contributed by atoms with Crippen LogP contribution >= 0.6 is 0 Å². The van der Waals surface area contributed by atoms with E-state index >= 15 is 0 Å². The maximum atomic E-state index is 11.3. The van der Waals surface area contributed by atoms with Gasteiger partial charge in [-0.05, 0) is 11.8 Å². The fraction of sp³-hybridized carbons (Fsp3) is 0.727. The first-order chi connectivity index (χ1) is 6.52. The SMILES string of the molecule is C=CC(C)CO[C@H](C(=O)OC)C(C)C. The first-order valence-electron chi connectivity index (χ1n) is 4.84. The number of esters is 1. The van der Waals surface area contributed by atoms with Crippen molar-refractivity contribution in [3.05, 3.63) is 12.7 Å². The second kappa shape index (κ2) is 6.60. The molecule has 0 bridgehead atoms.